The van der Waals surface area contributed by atoms with Crippen molar-refractivity contribution < 1.29 is 13.9 Å². The van der Waals surface area contributed by atoms with Crippen LogP contribution in [-0.4, -0.2) is 5.91 Å². The Morgan fingerprint density at radius 3 is 2.77 bits per heavy atom. The van der Waals surface area contributed by atoms with E-state index in [0.29, 0.717) is 11.3 Å². The molecule has 22 heavy (non-hydrogen) atoms. The van der Waals surface area contributed by atoms with Gasteiger partial charge < -0.3 is 4.74 Å². The number of ether oxygens (including phenoxy) is 1. The fourth-order valence-electron chi connectivity index (χ4n) is 1.73. The predicted octanol–water partition coefficient (Wildman–Crippen LogP) is 3.01. The number of hydrogen-bond donors (Lipinski definition) is 2. The molecule has 114 valence electrons. The minimum absolute atomic E-state index is 0.160. The Bertz CT molecular complexity index is 704. The maximum Gasteiger partial charge on any atom is 0.257 e. The van der Waals surface area contributed by atoms with Crippen LogP contribution in [0.1, 0.15) is 11.1 Å². The van der Waals surface area contributed by atoms with Gasteiger partial charge in [-0.05, 0) is 52.4 Å². The molecule has 0 radical (unpaired) electrons. The SMILES string of the molecule is NNC(=O)/C=C/c1ccc(OCc2ccccc2F)c(I)c1. The van der Waals surface area contributed by atoms with Crippen LogP contribution < -0.4 is 16.0 Å². The highest BCUT2D eigenvalue weighted by atomic mass is 127. The van der Waals surface area contributed by atoms with Crippen LogP contribution in [0.4, 0.5) is 4.39 Å². The summed E-state index contributed by atoms with van der Waals surface area (Å²) in [5.74, 6) is 4.98. The molecule has 0 unspecified atom stereocenters. The summed E-state index contributed by atoms with van der Waals surface area (Å²) in [5.41, 5.74) is 3.36. The highest BCUT2D eigenvalue weighted by Gasteiger charge is 2.05. The summed E-state index contributed by atoms with van der Waals surface area (Å²) in [4.78, 5) is 11.0. The van der Waals surface area contributed by atoms with Crippen LogP contribution in [0.2, 0.25) is 0 Å². The molecule has 3 N–H and O–H groups in total. The van der Waals surface area contributed by atoms with Gasteiger partial charge in [0, 0.05) is 11.6 Å². The number of carbonyl (C=O) groups excluding carboxylic acids is 1. The molecule has 2 aromatic carbocycles. The highest BCUT2D eigenvalue weighted by molar-refractivity contribution is 14.1. The molecule has 0 aliphatic rings. The third-order valence-electron chi connectivity index (χ3n) is 2.87. The van der Waals surface area contributed by atoms with Gasteiger partial charge >= 0.3 is 0 Å². The molecule has 0 aliphatic heterocycles. The predicted molar refractivity (Wildman–Crippen MR) is 91.3 cm³/mol. The van der Waals surface area contributed by atoms with Gasteiger partial charge in [0.25, 0.3) is 5.91 Å². The van der Waals surface area contributed by atoms with E-state index < -0.39 is 0 Å². The van der Waals surface area contributed by atoms with Crippen LogP contribution in [0.3, 0.4) is 0 Å². The van der Waals surface area contributed by atoms with Crippen molar-refractivity contribution in [1.29, 1.82) is 0 Å². The van der Waals surface area contributed by atoms with Crippen molar-refractivity contribution in [3.8, 4) is 5.75 Å². The number of halogens is 2. The first-order valence-corrected chi connectivity index (χ1v) is 7.52. The largest absolute Gasteiger partial charge is 0.488 e. The smallest absolute Gasteiger partial charge is 0.257 e. The van der Waals surface area contributed by atoms with Crippen molar-refractivity contribution in [2.75, 3.05) is 0 Å². The lowest BCUT2D eigenvalue weighted by Crippen LogP contribution is -2.27. The summed E-state index contributed by atoms with van der Waals surface area (Å²) >= 11 is 2.13. The summed E-state index contributed by atoms with van der Waals surface area (Å²) in [5, 5.41) is 0. The van der Waals surface area contributed by atoms with Gasteiger partial charge in [0.05, 0.1) is 3.57 Å². The number of nitrogens with two attached hydrogens (primary N) is 1. The first-order valence-electron chi connectivity index (χ1n) is 6.44. The third-order valence-corrected chi connectivity index (χ3v) is 3.71. The first kappa shape index (κ1) is 16.4. The standard InChI is InChI=1S/C16H14FIN2O2/c17-13-4-2-1-3-12(13)10-22-15-7-5-11(9-14(15)18)6-8-16(21)20-19/h1-9H,10,19H2,(H,20,21)/b8-6+. The molecular formula is C16H14FIN2O2. The van der Waals surface area contributed by atoms with Crippen LogP contribution in [-0.2, 0) is 11.4 Å². The molecule has 6 heteroatoms. The number of rotatable bonds is 5. The van der Waals surface area contributed by atoms with E-state index in [-0.39, 0.29) is 18.3 Å². The number of amides is 1. The van der Waals surface area contributed by atoms with Crippen LogP contribution in [0.25, 0.3) is 6.08 Å². The summed E-state index contributed by atoms with van der Waals surface area (Å²) in [6.45, 7) is 0.160. The molecule has 0 aromatic heterocycles. The van der Waals surface area contributed by atoms with Crippen molar-refractivity contribution in [1.82, 2.24) is 5.43 Å². The van der Waals surface area contributed by atoms with Crippen molar-refractivity contribution >= 4 is 34.6 Å². The Labute approximate surface area is 141 Å². The Morgan fingerprint density at radius 1 is 1.32 bits per heavy atom. The van der Waals surface area contributed by atoms with Gasteiger partial charge in [0.2, 0.25) is 0 Å². The molecule has 0 aliphatic carbocycles. The van der Waals surface area contributed by atoms with Gasteiger partial charge in [-0.15, -0.1) is 0 Å². The van der Waals surface area contributed by atoms with E-state index in [0.717, 1.165) is 9.13 Å². The molecule has 2 rings (SSSR count). The summed E-state index contributed by atoms with van der Waals surface area (Å²) < 4.78 is 20.0. The fraction of sp³-hybridized carbons (Fsp3) is 0.0625. The molecule has 0 saturated heterocycles. The topological polar surface area (TPSA) is 64.3 Å². The van der Waals surface area contributed by atoms with Gasteiger partial charge in [0.15, 0.2) is 0 Å². The maximum absolute atomic E-state index is 13.5. The highest BCUT2D eigenvalue weighted by Crippen LogP contribution is 2.24. The van der Waals surface area contributed by atoms with Gasteiger partial charge in [0.1, 0.15) is 18.2 Å². The lowest BCUT2D eigenvalue weighted by molar-refractivity contribution is -0.116. The van der Waals surface area contributed by atoms with E-state index in [2.05, 4.69) is 22.6 Å². The molecule has 1 amide bonds. The lowest BCUT2D eigenvalue weighted by Gasteiger charge is -2.09. The van der Waals surface area contributed by atoms with Crippen LogP contribution in [0.15, 0.2) is 48.5 Å². The van der Waals surface area contributed by atoms with E-state index >= 15 is 0 Å². The van der Waals surface area contributed by atoms with E-state index in [1.54, 1.807) is 36.4 Å². The quantitative estimate of drug-likeness (QED) is 0.261. The van der Waals surface area contributed by atoms with E-state index in [9.17, 15) is 9.18 Å². The van der Waals surface area contributed by atoms with E-state index in [4.69, 9.17) is 10.6 Å². The fourth-order valence-corrected chi connectivity index (χ4v) is 2.42. The third kappa shape index (κ3) is 4.54. The second kappa shape index (κ2) is 7.90. The molecule has 4 nitrogen and oxygen atoms in total. The number of benzene rings is 2. The summed E-state index contributed by atoms with van der Waals surface area (Å²) in [6, 6.07) is 11.9. The maximum atomic E-state index is 13.5. The second-order valence-electron chi connectivity index (χ2n) is 4.41. The van der Waals surface area contributed by atoms with Crippen LogP contribution in [0.5, 0.6) is 5.75 Å². The average molecular weight is 412 g/mol. The molecule has 0 fully saturated rings. The number of carbonyl (C=O) groups is 1. The summed E-state index contributed by atoms with van der Waals surface area (Å²) in [6.07, 6.45) is 2.98. The van der Waals surface area contributed by atoms with Crippen molar-refractivity contribution in [3.05, 3.63) is 69.1 Å². The molecular weight excluding hydrogens is 398 g/mol. The molecule has 0 spiro atoms. The zero-order valence-electron chi connectivity index (χ0n) is 11.6. The zero-order valence-corrected chi connectivity index (χ0v) is 13.7. The van der Waals surface area contributed by atoms with Gasteiger partial charge in [-0.1, -0.05) is 24.3 Å². The van der Waals surface area contributed by atoms with Gasteiger partial charge in [-0.3, -0.25) is 10.2 Å². The molecule has 0 heterocycles. The van der Waals surface area contributed by atoms with Crippen molar-refractivity contribution in [3.63, 3.8) is 0 Å². The minimum Gasteiger partial charge on any atom is -0.488 e. The average Bonchev–Trinajstić information content (AvgIpc) is 2.53. The van der Waals surface area contributed by atoms with Crippen molar-refractivity contribution in [2.45, 2.75) is 6.61 Å². The summed E-state index contributed by atoms with van der Waals surface area (Å²) in [7, 11) is 0. The van der Waals surface area contributed by atoms with E-state index in [1.165, 1.54) is 12.1 Å². The minimum atomic E-state index is -0.380. The van der Waals surface area contributed by atoms with Crippen LogP contribution >= 0.6 is 22.6 Å². The zero-order chi connectivity index (χ0) is 15.9. The lowest BCUT2D eigenvalue weighted by atomic mass is 10.2. The van der Waals surface area contributed by atoms with E-state index in [1.807, 2.05) is 11.5 Å². The monoisotopic (exact) mass is 412 g/mol. The molecule has 0 atom stereocenters. The van der Waals surface area contributed by atoms with Crippen molar-refractivity contribution in [2.24, 2.45) is 5.84 Å². The number of hydrogen-bond acceptors (Lipinski definition) is 3. The first-order chi connectivity index (χ1) is 10.6. The molecule has 0 saturated carbocycles. The number of nitrogens with one attached hydrogen (secondary N) is 1. The molecule has 2 aromatic rings. The van der Waals surface area contributed by atoms with Gasteiger partial charge in [-0.2, -0.15) is 0 Å². The normalized spacial score (nSPS) is 10.7. The Balaban J connectivity index is 2.05. The Kier molecular flexibility index (Phi) is 5.91. The molecule has 0 bridgehead atoms. The second-order valence-corrected chi connectivity index (χ2v) is 5.57. The van der Waals surface area contributed by atoms with Gasteiger partial charge in [-0.25, -0.2) is 10.2 Å². The Morgan fingerprint density at radius 2 is 2.09 bits per heavy atom. The Hall–Kier alpha value is -1.93. The van der Waals surface area contributed by atoms with Crippen LogP contribution in [0, 0.1) is 9.39 Å². The number of hydrazine groups is 1.